The highest BCUT2D eigenvalue weighted by Crippen LogP contribution is 2.29. The van der Waals surface area contributed by atoms with Crippen LogP contribution in [0.2, 0.25) is 0 Å². The number of carbonyl (C=O) groups is 1. The quantitative estimate of drug-likeness (QED) is 0.199. The van der Waals surface area contributed by atoms with E-state index in [1.165, 1.54) is 49.7 Å². The van der Waals surface area contributed by atoms with Crippen molar-refractivity contribution in [2.45, 2.75) is 97.2 Å². The number of rotatable bonds is 16. The lowest BCUT2D eigenvalue weighted by Crippen LogP contribution is -2.39. The Morgan fingerprint density at radius 2 is 1.44 bits per heavy atom. The van der Waals surface area contributed by atoms with E-state index in [1.807, 2.05) is 6.92 Å². The van der Waals surface area contributed by atoms with Crippen LogP contribution in [0.3, 0.4) is 0 Å². The minimum atomic E-state index is -0.0845. The highest BCUT2D eigenvalue weighted by Gasteiger charge is 2.27. The highest BCUT2D eigenvalue weighted by atomic mass is 16.5. The molecule has 2 atom stereocenters. The third-order valence-corrected chi connectivity index (χ3v) is 6.30. The van der Waals surface area contributed by atoms with Crippen molar-refractivity contribution in [1.82, 2.24) is 4.90 Å². The SMILES string of the molecule is CCCCCCCCC[C@H](CC(=O)OCC)N(Cc1ccccc1)[C@H](C)c1ccccc1. The van der Waals surface area contributed by atoms with E-state index in [4.69, 9.17) is 4.74 Å². The van der Waals surface area contributed by atoms with Gasteiger partial charge in [0.15, 0.2) is 0 Å². The molecule has 0 radical (unpaired) electrons. The molecule has 2 aromatic carbocycles. The molecule has 0 N–H and O–H groups in total. The summed E-state index contributed by atoms with van der Waals surface area (Å²) in [5.41, 5.74) is 2.57. The summed E-state index contributed by atoms with van der Waals surface area (Å²) >= 11 is 0. The van der Waals surface area contributed by atoms with E-state index in [1.54, 1.807) is 0 Å². The van der Waals surface area contributed by atoms with E-state index < -0.39 is 0 Å². The summed E-state index contributed by atoms with van der Waals surface area (Å²) in [6.07, 6.45) is 10.4. The van der Waals surface area contributed by atoms with Crippen LogP contribution in [-0.2, 0) is 16.1 Å². The Kier molecular flexibility index (Phi) is 12.8. The van der Waals surface area contributed by atoms with Crippen molar-refractivity contribution in [2.24, 2.45) is 0 Å². The maximum absolute atomic E-state index is 12.5. The smallest absolute Gasteiger partial charge is 0.307 e. The molecule has 0 aliphatic carbocycles. The Hall–Kier alpha value is -2.13. The number of ether oxygens (including phenoxy) is 1. The maximum atomic E-state index is 12.5. The van der Waals surface area contributed by atoms with Gasteiger partial charge in [0.1, 0.15) is 0 Å². The molecule has 0 aliphatic heterocycles. The summed E-state index contributed by atoms with van der Waals surface area (Å²) in [6, 6.07) is 21.6. The molecule has 3 heteroatoms. The van der Waals surface area contributed by atoms with Crippen LogP contribution >= 0.6 is 0 Å². The monoisotopic (exact) mass is 437 g/mol. The van der Waals surface area contributed by atoms with Crippen LogP contribution in [0.25, 0.3) is 0 Å². The molecular weight excluding hydrogens is 394 g/mol. The van der Waals surface area contributed by atoms with Gasteiger partial charge in [0.25, 0.3) is 0 Å². The predicted octanol–water partition coefficient (Wildman–Crippen LogP) is 7.71. The Morgan fingerprint density at radius 3 is 2.06 bits per heavy atom. The van der Waals surface area contributed by atoms with Gasteiger partial charge >= 0.3 is 5.97 Å². The van der Waals surface area contributed by atoms with Crippen molar-refractivity contribution in [3.63, 3.8) is 0 Å². The molecule has 0 bridgehead atoms. The zero-order valence-corrected chi connectivity index (χ0v) is 20.5. The molecule has 0 fully saturated rings. The minimum absolute atomic E-state index is 0.0845. The fourth-order valence-electron chi connectivity index (χ4n) is 4.43. The van der Waals surface area contributed by atoms with Gasteiger partial charge in [-0.2, -0.15) is 0 Å². The van der Waals surface area contributed by atoms with Gasteiger partial charge in [0.05, 0.1) is 13.0 Å². The molecular formula is C29H43NO2. The summed E-state index contributed by atoms with van der Waals surface area (Å²) in [7, 11) is 0. The average Bonchev–Trinajstić information content (AvgIpc) is 2.82. The molecule has 0 saturated carbocycles. The predicted molar refractivity (Wildman–Crippen MR) is 134 cm³/mol. The van der Waals surface area contributed by atoms with Crippen LogP contribution < -0.4 is 0 Å². The second kappa shape index (κ2) is 15.6. The highest BCUT2D eigenvalue weighted by molar-refractivity contribution is 5.70. The molecule has 32 heavy (non-hydrogen) atoms. The van der Waals surface area contributed by atoms with Crippen molar-refractivity contribution in [1.29, 1.82) is 0 Å². The Balaban J connectivity index is 2.14. The molecule has 0 spiro atoms. The molecule has 176 valence electrons. The lowest BCUT2D eigenvalue weighted by atomic mass is 9.97. The van der Waals surface area contributed by atoms with Crippen LogP contribution in [-0.4, -0.2) is 23.5 Å². The molecule has 2 rings (SSSR count). The molecule has 0 aromatic heterocycles. The Labute approximate surface area is 196 Å². The van der Waals surface area contributed by atoms with Gasteiger partial charge in [-0.1, -0.05) is 113 Å². The van der Waals surface area contributed by atoms with E-state index >= 15 is 0 Å². The fourth-order valence-corrected chi connectivity index (χ4v) is 4.43. The first-order chi connectivity index (χ1) is 15.7. The molecule has 0 aliphatic rings. The average molecular weight is 438 g/mol. The molecule has 2 aromatic rings. The first-order valence-electron chi connectivity index (χ1n) is 12.7. The minimum Gasteiger partial charge on any atom is -0.466 e. The molecule has 3 nitrogen and oxygen atoms in total. The maximum Gasteiger partial charge on any atom is 0.307 e. The Morgan fingerprint density at radius 1 is 0.844 bits per heavy atom. The number of nitrogens with zero attached hydrogens (tertiary/aromatic N) is 1. The first-order valence-corrected chi connectivity index (χ1v) is 12.7. The summed E-state index contributed by atoms with van der Waals surface area (Å²) in [4.78, 5) is 15.0. The van der Waals surface area contributed by atoms with Crippen molar-refractivity contribution < 1.29 is 9.53 Å². The molecule has 0 unspecified atom stereocenters. The van der Waals surface area contributed by atoms with E-state index in [0.29, 0.717) is 13.0 Å². The van der Waals surface area contributed by atoms with Gasteiger partial charge in [0.2, 0.25) is 0 Å². The zero-order valence-electron chi connectivity index (χ0n) is 20.5. The third-order valence-electron chi connectivity index (χ3n) is 6.30. The van der Waals surface area contributed by atoms with E-state index in [9.17, 15) is 4.79 Å². The normalized spacial score (nSPS) is 13.1. The van der Waals surface area contributed by atoms with Gasteiger partial charge in [-0.15, -0.1) is 0 Å². The third kappa shape index (κ3) is 9.56. The van der Waals surface area contributed by atoms with Gasteiger partial charge in [-0.3, -0.25) is 9.69 Å². The van der Waals surface area contributed by atoms with E-state index in [-0.39, 0.29) is 18.1 Å². The van der Waals surface area contributed by atoms with Gasteiger partial charge in [-0.05, 0) is 31.4 Å². The Bertz CT molecular complexity index is 731. The van der Waals surface area contributed by atoms with Gasteiger partial charge < -0.3 is 4.74 Å². The van der Waals surface area contributed by atoms with Crippen LogP contribution in [0.4, 0.5) is 0 Å². The van der Waals surface area contributed by atoms with Crippen LogP contribution in [0.5, 0.6) is 0 Å². The molecule has 0 heterocycles. The van der Waals surface area contributed by atoms with Crippen LogP contribution in [0.1, 0.15) is 95.7 Å². The number of carbonyl (C=O) groups excluding carboxylic acids is 1. The summed E-state index contributed by atoms with van der Waals surface area (Å²) in [5.74, 6) is -0.0845. The van der Waals surface area contributed by atoms with Crippen molar-refractivity contribution in [2.75, 3.05) is 6.61 Å². The standard InChI is InChI=1S/C29H43NO2/c1-4-6-7-8-9-10-17-22-28(23-29(31)32-5-2)30(24-26-18-13-11-14-19-26)25(3)27-20-15-12-16-21-27/h11-16,18-21,25,28H,4-10,17,22-24H2,1-3H3/t25-,28-/m1/s1. The van der Waals surface area contributed by atoms with Crippen molar-refractivity contribution in [3.05, 3.63) is 71.8 Å². The number of benzene rings is 2. The van der Waals surface area contributed by atoms with Crippen molar-refractivity contribution in [3.8, 4) is 0 Å². The zero-order chi connectivity index (χ0) is 23.0. The molecule has 0 amide bonds. The lowest BCUT2D eigenvalue weighted by Gasteiger charge is -2.37. The number of esters is 1. The van der Waals surface area contributed by atoms with E-state index in [2.05, 4.69) is 79.4 Å². The number of hydrogen-bond acceptors (Lipinski definition) is 3. The fraction of sp³-hybridized carbons (Fsp3) is 0.552. The first kappa shape index (κ1) is 26.1. The number of hydrogen-bond donors (Lipinski definition) is 0. The summed E-state index contributed by atoms with van der Waals surface area (Å²) in [6.45, 7) is 7.68. The number of unbranched alkanes of at least 4 members (excludes halogenated alkanes) is 6. The second-order valence-corrected chi connectivity index (χ2v) is 8.82. The summed E-state index contributed by atoms with van der Waals surface area (Å²) < 4.78 is 5.36. The van der Waals surface area contributed by atoms with Crippen LogP contribution in [0.15, 0.2) is 60.7 Å². The lowest BCUT2D eigenvalue weighted by molar-refractivity contribution is -0.145. The summed E-state index contributed by atoms with van der Waals surface area (Å²) in [5, 5.41) is 0. The van der Waals surface area contributed by atoms with Crippen molar-refractivity contribution >= 4 is 5.97 Å². The van der Waals surface area contributed by atoms with E-state index in [0.717, 1.165) is 19.4 Å². The second-order valence-electron chi connectivity index (χ2n) is 8.82. The molecule has 0 saturated heterocycles. The van der Waals surface area contributed by atoms with Crippen LogP contribution in [0, 0.1) is 0 Å². The topological polar surface area (TPSA) is 29.5 Å². The largest absolute Gasteiger partial charge is 0.466 e. The van der Waals surface area contributed by atoms with Gasteiger partial charge in [-0.25, -0.2) is 0 Å². The van der Waals surface area contributed by atoms with Gasteiger partial charge in [0, 0.05) is 18.6 Å².